The van der Waals surface area contributed by atoms with E-state index >= 15 is 0 Å². The third-order valence-electron chi connectivity index (χ3n) is 3.82. The highest BCUT2D eigenvalue weighted by Gasteiger charge is 2.08. The number of carbonyl (C=O) groups is 1. The van der Waals surface area contributed by atoms with Gasteiger partial charge in [-0.2, -0.15) is 0 Å². The number of ether oxygens (including phenoxy) is 1. The van der Waals surface area contributed by atoms with Crippen LogP contribution in [0.5, 0.6) is 5.75 Å². The van der Waals surface area contributed by atoms with Crippen LogP contribution < -0.4 is 20.3 Å². The van der Waals surface area contributed by atoms with E-state index in [0.29, 0.717) is 23.7 Å². The van der Waals surface area contributed by atoms with Gasteiger partial charge in [0.25, 0.3) is 0 Å². The van der Waals surface area contributed by atoms with Gasteiger partial charge in [-0.15, -0.1) is 0 Å². The van der Waals surface area contributed by atoms with Gasteiger partial charge in [0.1, 0.15) is 5.75 Å². The van der Waals surface area contributed by atoms with Crippen LogP contribution in [0.1, 0.15) is 12.0 Å². The van der Waals surface area contributed by atoms with E-state index in [1.165, 1.54) is 0 Å². The topological polar surface area (TPSA) is 53.6 Å². The molecule has 0 aliphatic rings. The van der Waals surface area contributed by atoms with Crippen molar-refractivity contribution in [2.75, 3.05) is 43.3 Å². The Bertz CT molecular complexity index is 730. The van der Waals surface area contributed by atoms with Gasteiger partial charge in [0.2, 0.25) is 5.91 Å². The fraction of sp³-hybridized carbons (Fsp3) is 0.316. The average Bonchev–Trinajstić information content (AvgIpc) is 2.58. The summed E-state index contributed by atoms with van der Waals surface area (Å²) in [5, 5.41) is 6.77. The van der Waals surface area contributed by atoms with Crippen molar-refractivity contribution in [1.82, 2.24) is 0 Å². The first kappa shape index (κ1) is 18.9. The molecule has 2 aromatic rings. The van der Waals surface area contributed by atoms with E-state index in [-0.39, 0.29) is 5.91 Å². The standard InChI is InChI=1S/C19H24ClN3O2/c1-13-11-17(18(25-4)12-16(13)20)21-10-9-19(24)22-14-5-7-15(8-6-14)23(2)3/h5-8,11-12,21H,9-10H2,1-4H3,(H,22,24). The Kier molecular flexibility index (Phi) is 6.53. The van der Waals surface area contributed by atoms with Crippen LogP contribution >= 0.6 is 11.6 Å². The van der Waals surface area contributed by atoms with Crippen LogP contribution in [-0.4, -0.2) is 33.7 Å². The van der Waals surface area contributed by atoms with Gasteiger partial charge in [0.05, 0.1) is 12.8 Å². The van der Waals surface area contributed by atoms with Crippen LogP contribution in [0.4, 0.5) is 17.1 Å². The number of carbonyl (C=O) groups excluding carboxylic acids is 1. The van der Waals surface area contributed by atoms with Crippen LogP contribution in [0, 0.1) is 6.92 Å². The molecule has 0 saturated heterocycles. The van der Waals surface area contributed by atoms with Crippen molar-refractivity contribution in [2.24, 2.45) is 0 Å². The summed E-state index contributed by atoms with van der Waals surface area (Å²) in [5.41, 5.74) is 3.66. The number of halogens is 1. The number of amides is 1. The highest BCUT2D eigenvalue weighted by Crippen LogP contribution is 2.30. The van der Waals surface area contributed by atoms with E-state index < -0.39 is 0 Å². The lowest BCUT2D eigenvalue weighted by atomic mass is 10.2. The Labute approximate surface area is 153 Å². The molecule has 0 aliphatic heterocycles. The van der Waals surface area contributed by atoms with Crippen LogP contribution in [0.15, 0.2) is 36.4 Å². The van der Waals surface area contributed by atoms with Gasteiger partial charge >= 0.3 is 0 Å². The Hall–Kier alpha value is -2.40. The van der Waals surface area contributed by atoms with Gasteiger partial charge in [-0.3, -0.25) is 4.79 Å². The third-order valence-corrected chi connectivity index (χ3v) is 4.22. The molecule has 0 saturated carbocycles. The number of aryl methyl sites for hydroxylation is 1. The van der Waals surface area contributed by atoms with Crippen molar-refractivity contribution in [1.29, 1.82) is 0 Å². The molecule has 2 aromatic carbocycles. The molecule has 134 valence electrons. The normalized spacial score (nSPS) is 10.3. The average molecular weight is 362 g/mol. The molecule has 2 N–H and O–H groups in total. The molecule has 0 atom stereocenters. The molecule has 0 spiro atoms. The summed E-state index contributed by atoms with van der Waals surface area (Å²) in [5.74, 6) is 0.616. The van der Waals surface area contributed by atoms with Gasteiger partial charge in [0.15, 0.2) is 0 Å². The van der Waals surface area contributed by atoms with E-state index in [0.717, 1.165) is 22.6 Å². The molecule has 0 radical (unpaired) electrons. The minimum atomic E-state index is -0.0465. The van der Waals surface area contributed by atoms with Crippen LogP contribution in [-0.2, 0) is 4.79 Å². The molecule has 2 rings (SSSR count). The second-order valence-electron chi connectivity index (χ2n) is 5.97. The predicted octanol–water partition coefficient (Wildman–Crippen LogP) is 4.16. The largest absolute Gasteiger partial charge is 0.495 e. The number of nitrogens with one attached hydrogen (secondary N) is 2. The summed E-state index contributed by atoms with van der Waals surface area (Å²) in [6.45, 7) is 2.43. The van der Waals surface area contributed by atoms with Crippen molar-refractivity contribution >= 4 is 34.6 Å². The van der Waals surface area contributed by atoms with Crippen LogP contribution in [0.25, 0.3) is 0 Å². The molecule has 5 nitrogen and oxygen atoms in total. The quantitative estimate of drug-likeness (QED) is 0.777. The highest BCUT2D eigenvalue weighted by molar-refractivity contribution is 6.31. The summed E-state index contributed by atoms with van der Waals surface area (Å²) in [7, 11) is 5.55. The maximum atomic E-state index is 12.1. The van der Waals surface area contributed by atoms with E-state index in [1.807, 2.05) is 56.3 Å². The van der Waals surface area contributed by atoms with Gasteiger partial charge in [0, 0.05) is 49.5 Å². The van der Waals surface area contributed by atoms with E-state index in [9.17, 15) is 4.79 Å². The molecule has 0 aromatic heterocycles. The molecular weight excluding hydrogens is 338 g/mol. The van der Waals surface area contributed by atoms with Crippen molar-refractivity contribution in [3.63, 3.8) is 0 Å². The van der Waals surface area contributed by atoms with Crippen molar-refractivity contribution in [3.05, 3.63) is 47.0 Å². The molecule has 0 aliphatic carbocycles. The summed E-state index contributed by atoms with van der Waals surface area (Å²) < 4.78 is 5.31. The van der Waals surface area contributed by atoms with Crippen molar-refractivity contribution in [3.8, 4) is 5.75 Å². The number of rotatable bonds is 7. The van der Waals surface area contributed by atoms with E-state index in [1.54, 1.807) is 13.2 Å². The molecule has 1 amide bonds. The number of hydrogen-bond donors (Lipinski definition) is 2. The molecule has 0 heterocycles. The smallest absolute Gasteiger partial charge is 0.226 e. The Morgan fingerprint density at radius 1 is 1.20 bits per heavy atom. The summed E-state index contributed by atoms with van der Waals surface area (Å²) >= 11 is 6.10. The Morgan fingerprint density at radius 2 is 1.88 bits per heavy atom. The van der Waals surface area contributed by atoms with E-state index in [4.69, 9.17) is 16.3 Å². The molecule has 0 bridgehead atoms. The fourth-order valence-corrected chi connectivity index (χ4v) is 2.50. The lowest BCUT2D eigenvalue weighted by Crippen LogP contribution is -2.16. The Balaban J connectivity index is 1.87. The lowest BCUT2D eigenvalue weighted by Gasteiger charge is -2.14. The van der Waals surface area contributed by atoms with Crippen LogP contribution in [0.3, 0.4) is 0 Å². The van der Waals surface area contributed by atoms with Crippen molar-refractivity contribution in [2.45, 2.75) is 13.3 Å². The first-order chi connectivity index (χ1) is 11.9. The van der Waals surface area contributed by atoms with Crippen molar-refractivity contribution < 1.29 is 9.53 Å². The number of anilines is 3. The second kappa shape index (κ2) is 8.62. The third kappa shape index (κ3) is 5.29. The monoisotopic (exact) mass is 361 g/mol. The van der Waals surface area contributed by atoms with E-state index in [2.05, 4.69) is 10.6 Å². The number of nitrogens with zero attached hydrogens (tertiary/aromatic N) is 1. The number of hydrogen-bond acceptors (Lipinski definition) is 4. The Morgan fingerprint density at radius 3 is 2.48 bits per heavy atom. The molecule has 6 heteroatoms. The van der Waals surface area contributed by atoms with Gasteiger partial charge in [-0.25, -0.2) is 0 Å². The highest BCUT2D eigenvalue weighted by atomic mass is 35.5. The minimum Gasteiger partial charge on any atom is -0.495 e. The van der Waals surface area contributed by atoms with Gasteiger partial charge < -0.3 is 20.3 Å². The molecule has 0 fully saturated rings. The second-order valence-corrected chi connectivity index (χ2v) is 6.38. The first-order valence-corrected chi connectivity index (χ1v) is 8.43. The minimum absolute atomic E-state index is 0.0465. The zero-order chi connectivity index (χ0) is 18.4. The fourth-order valence-electron chi connectivity index (χ4n) is 2.35. The SMILES string of the molecule is COc1cc(Cl)c(C)cc1NCCC(=O)Nc1ccc(N(C)C)cc1. The van der Waals surface area contributed by atoms with Crippen LogP contribution in [0.2, 0.25) is 5.02 Å². The lowest BCUT2D eigenvalue weighted by molar-refractivity contribution is -0.115. The summed E-state index contributed by atoms with van der Waals surface area (Å²) in [6.07, 6.45) is 0.347. The van der Waals surface area contributed by atoms with Gasteiger partial charge in [-0.1, -0.05) is 11.6 Å². The van der Waals surface area contributed by atoms with Gasteiger partial charge in [-0.05, 0) is 42.8 Å². The molecular formula is C19H24ClN3O2. The molecule has 0 unspecified atom stereocenters. The maximum Gasteiger partial charge on any atom is 0.226 e. The number of benzene rings is 2. The number of methoxy groups -OCH3 is 1. The summed E-state index contributed by atoms with van der Waals surface area (Å²) in [6, 6.07) is 11.4. The zero-order valence-corrected chi connectivity index (χ0v) is 15.8. The predicted molar refractivity (Wildman–Crippen MR) is 105 cm³/mol. The maximum absolute atomic E-state index is 12.1. The molecule has 25 heavy (non-hydrogen) atoms. The zero-order valence-electron chi connectivity index (χ0n) is 15.0. The summed E-state index contributed by atoms with van der Waals surface area (Å²) in [4.78, 5) is 14.1. The first-order valence-electron chi connectivity index (χ1n) is 8.06.